The lowest BCUT2D eigenvalue weighted by atomic mass is 10.2. The highest BCUT2D eigenvalue weighted by Gasteiger charge is 2.20. The van der Waals surface area contributed by atoms with Crippen molar-refractivity contribution in [3.63, 3.8) is 0 Å². The number of allylic oxidation sites excluding steroid dienone is 1. The molecule has 1 aromatic carbocycles. The van der Waals surface area contributed by atoms with Crippen LogP contribution >= 0.6 is 0 Å². The number of ether oxygens (including phenoxy) is 1. The van der Waals surface area contributed by atoms with Gasteiger partial charge in [0.25, 0.3) is 0 Å². The topological polar surface area (TPSA) is 32.8 Å². The standard InChI is InChI=1S/C16H22N2O2/c1-13(2)11-16(19)18-9-7-17(8-10-18)14-5-4-6-15(12-14)20-3/h4-6,11-12H,7-10H2,1-3H3. The summed E-state index contributed by atoms with van der Waals surface area (Å²) in [5.41, 5.74) is 2.20. The maximum atomic E-state index is 12.0. The van der Waals surface area contributed by atoms with Crippen LogP contribution in [0.15, 0.2) is 35.9 Å². The van der Waals surface area contributed by atoms with Crippen molar-refractivity contribution < 1.29 is 9.53 Å². The van der Waals surface area contributed by atoms with Crippen molar-refractivity contribution in [2.75, 3.05) is 38.2 Å². The van der Waals surface area contributed by atoms with E-state index in [0.29, 0.717) is 0 Å². The highest BCUT2D eigenvalue weighted by molar-refractivity contribution is 5.88. The number of hydrogen-bond acceptors (Lipinski definition) is 3. The Morgan fingerprint density at radius 2 is 1.90 bits per heavy atom. The second-order valence-corrected chi connectivity index (χ2v) is 5.24. The van der Waals surface area contributed by atoms with Gasteiger partial charge in [0.2, 0.25) is 5.91 Å². The van der Waals surface area contributed by atoms with Crippen LogP contribution < -0.4 is 9.64 Å². The van der Waals surface area contributed by atoms with Gasteiger partial charge in [-0.25, -0.2) is 0 Å². The smallest absolute Gasteiger partial charge is 0.246 e. The van der Waals surface area contributed by atoms with Gasteiger partial charge in [0.05, 0.1) is 7.11 Å². The van der Waals surface area contributed by atoms with Crippen LogP contribution in [0.4, 0.5) is 5.69 Å². The number of anilines is 1. The summed E-state index contributed by atoms with van der Waals surface area (Å²) in [5, 5.41) is 0. The van der Waals surface area contributed by atoms with Gasteiger partial charge in [0.1, 0.15) is 5.75 Å². The van der Waals surface area contributed by atoms with Crippen molar-refractivity contribution in [2.24, 2.45) is 0 Å². The average Bonchev–Trinajstić information content (AvgIpc) is 2.47. The lowest BCUT2D eigenvalue weighted by Crippen LogP contribution is -2.48. The Bertz CT molecular complexity index is 499. The number of carbonyl (C=O) groups excluding carboxylic acids is 1. The first-order valence-electron chi connectivity index (χ1n) is 6.93. The average molecular weight is 274 g/mol. The molecule has 1 aliphatic rings. The molecule has 1 heterocycles. The third-order valence-electron chi connectivity index (χ3n) is 3.42. The molecule has 1 saturated heterocycles. The van der Waals surface area contributed by atoms with Gasteiger partial charge in [-0.15, -0.1) is 0 Å². The fourth-order valence-corrected chi connectivity index (χ4v) is 2.33. The van der Waals surface area contributed by atoms with Gasteiger partial charge >= 0.3 is 0 Å². The van der Waals surface area contributed by atoms with Crippen LogP contribution in [0.5, 0.6) is 5.75 Å². The van der Waals surface area contributed by atoms with Crippen molar-refractivity contribution in [1.82, 2.24) is 4.90 Å². The van der Waals surface area contributed by atoms with Crippen LogP contribution in [-0.4, -0.2) is 44.1 Å². The summed E-state index contributed by atoms with van der Waals surface area (Å²) in [5.74, 6) is 0.987. The van der Waals surface area contributed by atoms with Crippen LogP contribution in [0.25, 0.3) is 0 Å². The number of piperazine rings is 1. The summed E-state index contributed by atoms with van der Waals surface area (Å²) in [7, 11) is 1.68. The molecule has 0 aromatic heterocycles. The third kappa shape index (κ3) is 3.53. The predicted octanol–water partition coefficient (Wildman–Crippen LogP) is 2.31. The van der Waals surface area contributed by atoms with Crippen LogP contribution in [0, 0.1) is 0 Å². The van der Waals surface area contributed by atoms with E-state index in [0.717, 1.165) is 43.2 Å². The minimum absolute atomic E-state index is 0.121. The summed E-state index contributed by atoms with van der Waals surface area (Å²) in [6.45, 7) is 7.14. The number of hydrogen-bond donors (Lipinski definition) is 0. The Morgan fingerprint density at radius 3 is 2.50 bits per heavy atom. The Morgan fingerprint density at radius 1 is 1.20 bits per heavy atom. The lowest BCUT2D eigenvalue weighted by molar-refractivity contribution is -0.126. The highest BCUT2D eigenvalue weighted by Crippen LogP contribution is 2.22. The van der Waals surface area contributed by atoms with Crippen molar-refractivity contribution in [1.29, 1.82) is 0 Å². The van der Waals surface area contributed by atoms with E-state index >= 15 is 0 Å². The summed E-state index contributed by atoms with van der Waals surface area (Å²) in [4.78, 5) is 16.2. The largest absolute Gasteiger partial charge is 0.497 e. The number of nitrogens with zero attached hydrogens (tertiary/aromatic N) is 2. The molecule has 1 fully saturated rings. The van der Waals surface area contributed by atoms with E-state index in [1.807, 2.05) is 36.9 Å². The van der Waals surface area contributed by atoms with Gasteiger partial charge in [-0.3, -0.25) is 4.79 Å². The van der Waals surface area contributed by atoms with Crippen molar-refractivity contribution in [3.05, 3.63) is 35.9 Å². The summed E-state index contributed by atoms with van der Waals surface area (Å²) in [6.07, 6.45) is 1.71. The monoisotopic (exact) mass is 274 g/mol. The fourth-order valence-electron chi connectivity index (χ4n) is 2.33. The van der Waals surface area contributed by atoms with E-state index in [1.54, 1.807) is 13.2 Å². The number of methoxy groups -OCH3 is 1. The van der Waals surface area contributed by atoms with Gasteiger partial charge in [-0.1, -0.05) is 11.6 Å². The molecule has 2 rings (SSSR count). The van der Waals surface area contributed by atoms with E-state index in [4.69, 9.17) is 4.74 Å². The maximum absolute atomic E-state index is 12.0. The lowest BCUT2D eigenvalue weighted by Gasteiger charge is -2.35. The summed E-state index contributed by atoms with van der Waals surface area (Å²) >= 11 is 0. The molecule has 4 heteroatoms. The van der Waals surface area contributed by atoms with Crippen LogP contribution in [0.3, 0.4) is 0 Å². The molecule has 1 aliphatic heterocycles. The normalized spacial score (nSPS) is 14.9. The molecule has 0 aliphatic carbocycles. The van der Waals surface area contributed by atoms with Crippen molar-refractivity contribution >= 4 is 11.6 Å². The van der Waals surface area contributed by atoms with Gasteiger partial charge in [-0.05, 0) is 26.0 Å². The molecule has 108 valence electrons. The zero-order valence-corrected chi connectivity index (χ0v) is 12.4. The van der Waals surface area contributed by atoms with E-state index in [2.05, 4.69) is 11.0 Å². The molecule has 0 N–H and O–H groups in total. The second-order valence-electron chi connectivity index (χ2n) is 5.24. The molecule has 0 bridgehead atoms. The number of carbonyl (C=O) groups is 1. The molecule has 1 amide bonds. The van der Waals surface area contributed by atoms with Gasteiger partial charge in [-0.2, -0.15) is 0 Å². The van der Waals surface area contributed by atoms with Crippen LogP contribution in [0.1, 0.15) is 13.8 Å². The fraction of sp³-hybridized carbons (Fsp3) is 0.438. The Kier molecular flexibility index (Phi) is 4.66. The third-order valence-corrected chi connectivity index (χ3v) is 3.42. The number of rotatable bonds is 3. The van der Waals surface area contributed by atoms with Crippen LogP contribution in [0.2, 0.25) is 0 Å². The molecule has 0 spiro atoms. The minimum Gasteiger partial charge on any atom is -0.497 e. The Balaban J connectivity index is 1.97. The molecule has 0 radical (unpaired) electrons. The second kappa shape index (κ2) is 6.46. The van der Waals surface area contributed by atoms with Crippen LogP contribution in [-0.2, 0) is 4.79 Å². The van der Waals surface area contributed by atoms with Crippen molar-refractivity contribution in [2.45, 2.75) is 13.8 Å². The van der Waals surface area contributed by atoms with E-state index < -0.39 is 0 Å². The Hall–Kier alpha value is -1.97. The molecule has 1 aromatic rings. The van der Waals surface area contributed by atoms with Gasteiger partial charge < -0.3 is 14.5 Å². The molecule has 0 atom stereocenters. The quantitative estimate of drug-likeness (QED) is 0.793. The SMILES string of the molecule is COc1cccc(N2CCN(C(=O)C=C(C)C)CC2)c1. The first-order chi connectivity index (χ1) is 9.60. The Labute approximate surface area is 120 Å². The number of amides is 1. The molecule has 0 saturated carbocycles. The zero-order valence-electron chi connectivity index (χ0n) is 12.4. The zero-order chi connectivity index (χ0) is 14.5. The summed E-state index contributed by atoms with van der Waals surface area (Å²) in [6, 6.07) is 8.05. The predicted molar refractivity (Wildman–Crippen MR) is 81.2 cm³/mol. The van der Waals surface area contributed by atoms with E-state index in [1.165, 1.54) is 0 Å². The van der Waals surface area contributed by atoms with E-state index in [-0.39, 0.29) is 5.91 Å². The first-order valence-corrected chi connectivity index (χ1v) is 6.93. The molecular formula is C16H22N2O2. The molecule has 4 nitrogen and oxygen atoms in total. The highest BCUT2D eigenvalue weighted by atomic mass is 16.5. The van der Waals surface area contributed by atoms with Crippen molar-refractivity contribution in [3.8, 4) is 5.75 Å². The maximum Gasteiger partial charge on any atom is 0.246 e. The minimum atomic E-state index is 0.121. The molecule has 0 unspecified atom stereocenters. The number of benzene rings is 1. The molecule has 20 heavy (non-hydrogen) atoms. The summed E-state index contributed by atoms with van der Waals surface area (Å²) < 4.78 is 5.25. The van der Waals surface area contributed by atoms with Gasteiger partial charge in [0, 0.05) is 44.0 Å². The molecular weight excluding hydrogens is 252 g/mol. The first kappa shape index (κ1) is 14.4. The van der Waals surface area contributed by atoms with Gasteiger partial charge in [0.15, 0.2) is 0 Å². The van der Waals surface area contributed by atoms with E-state index in [9.17, 15) is 4.79 Å².